The highest BCUT2D eigenvalue weighted by Gasteiger charge is 2.39. The normalized spacial score (nSPS) is 10.8. The first-order chi connectivity index (χ1) is 17.9. The Morgan fingerprint density at radius 1 is 0.472 bits per heavy atom. The van der Waals surface area contributed by atoms with E-state index < -0.39 is 5.41 Å². The van der Waals surface area contributed by atoms with Gasteiger partial charge in [-0.1, -0.05) is 146 Å². The van der Waals surface area contributed by atoms with E-state index in [4.69, 9.17) is 0 Å². The Labute approximate surface area is 213 Å². The van der Waals surface area contributed by atoms with Crippen molar-refractivity contribution in [2.45, 2.75) is 5.41 Å². The molecule has 1 N–H and O–H groups in total. The average molecular weight is 465 g/mol. The van der Waals surface area contributed by atoms with Gasteiger partial charge in [-0.25, -0.2) is 4.98 Å². The van der Waals surface area contributed by atoms with Crippen LogP contribution in [0.1, 0.15) is 22.3 Å². The minimum absolute atomic E-state index is 0.434. The zero-order valence-corrected chi connectivity index (χ0v) is 20.0. The van der Waals surface area contributed by atoms with Crippen LogP contribution in [0.3, 0.4) is 0 Å². The molecular weight excluding hydrogens is 436 g/mol. The minimum atomic E-state index is -0.434. The van der Waals surface area contributed by atoms with Gasteiger partial charge < -0.3 is 4.98 Å². The molecule has 0 bridgehead atoms. The molecule has 0 atom stereocenters. The molecule has 174 valence electrons. The van der Waals surface area contributed by atoms with E-state index in [0.29, 0.717) is 0 Å². The SMILES string of the molecule is c1c[nH]cn1.c1ccc(-c2ccccc2C(c2ccccc2)(c2ccccc2)c2ccccc2)cc1. The lowest BCUT2D eigenvalue weighted by Crippen LogP contribution is -2.31. The fourth-order valence-corrected chi connectivity index (χ4v) is 4.93. The van der Waals surface area contributed by atoms with Gasteiger partial charge in [0.25, 0.3) is 0 Å². The predicted octanol–water partition coefficient (Wildman–Crippen LogP) is 8.15. The van der Waals surface area contributed by atoms with Crippen molar-refractivity contribution in [2.75, 3.05) is 0 Å². The molecule has 0 saturated heterocycles. The highest BCUT2D eigenvalue weighted by atomic mass is 14.8. The summed E-state index contributed by atoms with van der Waals surface area (Å²) in [5, 5.41) is 0. The standard InChI is InChI=1S/C31H24.C3H4N2/c1-5-15-25(16-6-1)29-23-13-14-24-30(29)31(26-17-7-2-8-18-26,27-19-9-3-10-20-27)28-21-11-4-12-22-28;1-2-5-3-4-1/h1-24H;1-3H,(H,4,5). The molecule has 0 aliphatic rings. The number of imidazole rings is 1. The van der Waals surface area contributed by atoms with Crippen LogP contribution in [0.25, 0.3) is 11.1 Å². The Balaban J connectivity index is 0.000000477. The van der Waals surface area contributed by atoms with Crippen LogP contribution >= 0.6 is 0 Å². The second-order valence-electron chi connectivity index (χ2n) is 8.52. The van der Waals surface area contributed by atoms with Crippen molar-refractivity contribution in [2.24, 2.45) is 0 Å². The van der Waals surface area contributed by atoms with E-state index in [1.54, 1.807) is 18.7 Å². The molecule has 2 nitrogen and oxygen atoms in total. The zero-order valence-electron chi connectivity index (χ0n) is 20.0. The number of hydrogen-bond donors (Lipinski definition) is 1. The van der Waals surface area contributed by atoms with Gasteiger partial charge in [-0.05, 0) is 33.4 Å². The molecule has 0 radical (unpaired) electrons. The van der Waals surface area contributed by atoms with Gasteiger partial charge >= 0.3 is 0 Å². The maximum absolute atomic E-state index is 3.67. The first-order valence-corrected chi connectivity index (χ1v) is 12.1. The Bertz CT molecular complexity index is 1330. The third kappa shape index (κ3) is 4.62. The summed E-state index contributed by atoms with van der Waals surface area (Å²) in [6.07, 6.45) is 5.08. The molecular formula is C34H28N2. The molecule has 6 rings (SSSR count). The number of benzene rings is 5. The summed E-state index contributed by atoms with van der Waals surface area (Å²) in [7, 11) is 0. The lowest BCUT2D eigenvalue weighted by atomic mass is 9.63. The molecule has 2 heteroatoms. The van der Waals surface area contributed by atoms with Crippen molar-refractivity contribution in [3.63, 3.8) is 0 Å². The second-order valence-corrected chi connectivity index (χ2v) is 8.52. The highest BCUT2D eigenvalue weighted by Crippen LogP contribution is 2.48. The summed E-state index contributed by atoms with van der Waals surface area (Å²) in [4.78, 5) is 6.42. The molecule has 0 fully saturated rings. The fraction of sp³-hybridized carbons (Fsp3) is 0.0294. The van der Waals surface area contributed by atoms with Gasteiger partial charge in [0, 0.05) is 12.4 Å². The first kappa shape index (κ1) is 23.1. The fourth-order valence-electron chi connectivity index (χ4n) is 4.93. The van der Waals surface area contributed by atoms with E-state index in [1.807, 2.05) is 0 Å². The maximum Gasteiger partial charge on any atom is 0.0919 e. The second kappa shape index (κ2) is 11.2. The number of H-pyrrole nitrogens is 1. The van der Waals surface area contributed by atoms with Gasteiger partial charge in [0.05, 0.1) is 11.7 Å². The molecule has 1 aromatic heterocycles. The van der Waals surface area contributed by atoms with Crippen molar-refractivity contribution >= 4 is 0 Å². The Morgan fingerprint density at radius 2 is 0.917 bits per heavy atom. The van der Waals surface area contributed by atoms with E-state index in [-0.39, 0.29) is 0 Å². The lowest BCUT2D eigenvalue weighted by molar-refractivity contribution is 0.747. The van der Waals surface area contributed by atoms with E-state index in [9.17, 15) is 0 Å². The van der Waals surface area contributed by atoms with Gasteiger partial charge in [0.15, 0.2) is 0 Å². The Kier molecular flexibility index (Phi) is 7.15. The van der Waals surface area contributed by atoms with Crippen molar-refractivity contribution in [3.05, 3.63) is 187 Å². The van der Waals surface area contributed by atoms with E-state index in [0.717, 1.165) is 0 Å². The minimum Gasteiger partial charge on any atom is -0.351 e. The van der Waals surface area contributed by atoms with Gasteiger partial charge in [-0.3, -0.25) is 0 Å². The molecule has 5 aromatic carbocycles. The summed E-state index contributed by atoms with van der Waals surface area (Å²) in [5.74, 6) is 0. The smallest absolute Gasteiger partial charge is 0.0919 e. The zero-order chi connectivity index (χ0) is 24.5. The van der Waals surface area contributed by atoms with Crippen LogP contribution in [0.4, 0.5) is 0 Å². The van der Waals surface area contributed by atoms with Gasteiger partial charge in [-0.15, -0.1) is 0 Å². The van der Waals surface area contributed by atoms with Crippen LogP contribution in [-0.2, 0) is 5.41 Å². The average Bonchev–Trinajstić information content (AvgIpc) is 3.57. The number of nitrogens with zero attached hydrogens (tertiary/aromatic N) is 1. The van der Waals surface area contributed by atoms with E-state index in [1.165, 1.54) is 33.4 Å². The third-order valence-corrected chi connectivity index (χ3v) is 6.44. The van der Waals surface area contributed by atoms with Crippen molar-refractivity contribution in [3.8, 4) is 11.1 Å². The molecule has 0 amide bonds. The molecule has 36 heavy (non-hydrogen) atoms. The van der Waals surface area contributed by atoms with E-state index in [2.05, 4.69) is 156 Å². The summed E-state index contributed by atoms with van der Waals surface area (Å²) in [6.45, 7) is 0. The summed E-state index contributed by atoms with van der Waals surface area (Å²) in [6, 6.07) is 52.1. The van der Waals surface area contributed by atoms with Crippen molar-refractivity contribution in [1.82, 2.24) is 9.97 Å². The molecule has 0 spiro atoms. The number of rotatable bonds is 5. The van der Waals surface area contributed by atoms with Crippen molar-refractivity contribution < 1.29 is 0 Å². The van der Waals surface area contributed by atoms with E-state index >= 15 is 0 Å². The Hall–Kier alpha value is -4.69. The maximum atomic E-state index is 3.67. The molecule has 0 saturated carbocycles. The van der Waals surface area contributed by atoms with Gasteiger partial charge in [0.2, 0.25) is 0 Å². The number of aromatic amines is 1. The largest absolute Gasteiger partial charge is 0.351 e. The number of nitrogens with one attached hydrogen (secondary N) is 1. The summed E-state index contributed by atoms with van der Waals surface area (Å²) in [5.41, 5.74) is 7.10. The number of hydrogen-bond acceptors (Lipinski definition) is 1. The lowest BCUT2D eigenvalue weighted by Gasteiger charge is -2.38. The Morgan fingerprint density at radius 3 is 1.33 bits per heavy atom. The molecule has 0 aliphatic heterocycles. The molecule has 0 aliphatic carbocycles. The molecule has 0 unspecified atom stereocenters. The third-order valence-electron chi connectivity index (χ3n) is 6.44. The van der Waals surface area contributed by atoms with Crippen LogP contribution in [0, 0.1) is 0 Å². The van der Waals surface area contributed by atoms with Crippen LogP contribution in [-0.4, -0.2) is 9.97 Å². The highest BCUT2D eigenvalue weighted by molar-refractivity contribution is 5.74. The van der Waals surface area contributed by atoms with Crippen molar-refractivity contribution in [1.29, 1.82) is 0 Å². The monoisotopic (exact) mass is 464 g/mol. The topological polar surface area (TPSA) is 28.7 Å². The van der Waals surface area contributed by atoms with Crippen LogP contribution in [0.15, 0.2) is 164 Å². The molecule has 1 heterocycles. The molecule has 6 aromatic rings. The number of aromatic nitrogens is 2. The van der Waals surface area contributed by atoms with Gasteiger partial charge in [-0.2, -0.15) is 0 Å². The van der Waals surface area contributed by atoms with Crippen LogP contribution in [0.5, 0.6) is 0 Å². The van der Waals surface area contributed by atoms with Crippen LogP contribution < -0.4 is 0 Å². The summed E-state index contributed by atoms with van der Waals surface area (Å²) < 4.78 is 0. The van der Waals surface area contributed by atoms with Crippen LogP contribution in [0.2, 0.25) is 0 Å². The summed E-state index contributed by atoms with van der Waals surface area (Å²) >= 11 is 0. The predicted molar refractivity (Wildman–Crippen MR) is 149 cm³/mol. The quantitative estimate of drug-likeness (QED) is 0.256. The van der Waals surface area contributed by atoms with Gasteiger partial charge in [0.1, 0.15) is 0 Å². The first-order valence-electron chi connectivity index (χ1n) is 12.1.